The minimum atomic E-state index is -0.516. The van der Waals surface area contributed by atoms with Crippen LogP contribution in [0.5, 0.6) is 11.5 Å². The van der Waals surface area contributed by atoms with Crippen molar-refractivity contribution in [3.8, 4) is 79.0 Å². The molecule has 8 aromatic carbocycles. The molecule has 0 atom stereocenters. The molecule has 1 spiro atoms. The first-order valence-electron chi connectivity index (χ1n) is 18.9. The Morgan fingerprint density at radius 1 is 0.286 bits per heavy atom. The van der Waals surface area contributed by atoms with Crippen LogP contribution in [0.15, 0.2) is 200 Å². The molecule has 0 fully saturated rings. The van der Waals surface area contributed by atoms with E-state index in [9.17, 15) is 0 Å². The fourth-order valence-electron chi connectivity index (χ4n) is 8.77. The number of rotatable bonds is 5. The topological polar surface area (TPSA) is 47.9 Å². The van der Waals surface area contributed by atoms with Gasteiger partial charge >= 0.3 is 0 Å². The van der Waals surface area contributed by atoms with E-state index in [2.05, 4.69) is 158 Å². The molecule has 0 saturated heterocycles. The van der Waals surface area contributed by atoms with Crippen molar-refractivity contribution in [1.82, 2.24) is 15.0 Å². The summed E-state index contributed by atoms with van der Waals surface area (Å²) in [6.45, 7) is 0. The number of fused-ring (bicyclic) bond motifs is 9. The predicted octanol–water partition coefficient (Wildman–Crippen LogP) is 12.7. The van der Waals surface area contributed by atoms with Gasteiger partial charge in [0.2, 0.25) is 0 Å². The first kappa shape index (κ1) is 32.0. The molecule has 2 heterocycles. The molecule has 4 nitrogen and oxygen atoms in total. The van der Waals surface area contributed by atoms with Gasteiger partial charge in [-0.25, -0.2) is 15.0 Å². The summed E-state index contributed by atoms with van der Waals surface area (Å²) in [5.41, 5.74) is 13.9. The molecule has 0 radical (unpaired) electrons. The molecular weight excluding hydrogens is 683 g/mol. The maximum atomic E-state index is 6.86. The van der Waals surface area contributed by atoms with Crippen LogP contribution in [0.4, 0.5) is 0 Å². The van der Waals surface area contributed by atoms with Gasteiger partial charge < -0.3 is 4.74 Å². The van der Waals surface area contributed by atoms with Crippen molar-refractivity contribution < 1.29 is 4.74 Å². The Morgan fingerprint density at radius 3 is 1.50 bits per heavy atom. The third kappa shape index (κ3) is 4.96. The van der Waals surface area contributed by atoms with Gasteiger partial charge in [-0.15, -0.1) is 0 Å². The van der Waals surface area contributed by atoms with Crippen molar-refractivity contribution >= 4 is 0 Å². The molecule has 1 aliphatic heterocycles. The maximum absolute atomic E-state index is 6.86. The Bertz CT molecular complexity index is 2910. The van der Waals surface area contributed by atoms with Gasteiger partial charge in [0.05, 0.1) is 5.41 Å². The van der Waals surface area contributed by atoms with E-state index in [1.807, 2.05) is 42.5 Å². The number of hydrogen-bond acceptors (Lipinski definition) is 4. The predicted molar refractivity (Wildman–Crippen MR) is 224 cm³/mol. The van der Waals surface area contributed by atoms with Crippen LogP contribution in [0.3, 0.4) is 0 Å². The summed E-state index contributed by atoms with van der Waals surface area (Å²) < 4.78 is 6.86. The number of hydrogen-bond donors (Lipinski definition) is 0. The number of para-hydroxylation sites is 1. The second-order valence-corrected chi connectivity index (χ2v) is 14.3. The van der Waals surface area contributed by atoms with Crippen LogP contribution in [-0.4, -0.2) is 15.0 Å². The van der Waals surface area contributed by atoms with Crippen molar-refractivity contribution in [2.45, 2.75) is 5.41 Å². The van der Waals surface area contributed by atoms with E-state index in [0.717, 1.165) is 61.6 Å². The first-order valence-corrected chi connectivity index (χ1v) is 18.9. The van der Waals surface area contributed by atoms with Crippen LogP contribution in [0.25, 0.3) is 67.5 Å². The zero-order valence-corrected chi connectivity index (χ0v) is 30.3. The Kier molecular flexibility index (Phi) is 7.36. The number of nitrogens with zero attached hydrogens (tertiary/aromatic N) is 3. The average molecular weight is 716 g/mol. The second kappa shape index (κ2) is 12.9. The van der Waals surface area contributed by atoms with Crippen molar-refractivity contribution in [2.24, 2.45) is 0 Å². The van der Waals surface area contributed by atoms with Gasteiger partial charge in [0, 0.05) is 27.8 Å². The summed E-state index contributed by atoms with van der Waals surface area (Å²) >= 11 is 0. The monoisotopic (exact) mass is 715 g/mol. The molecule has 9 aromatic rings. The van der Waals surface area contributed by atoms with Gasteiger partial charge in [-0.3, -0.25) is 0 Å². The van der Waals surface area contributed by atoms with Gasteiger partial charge in [-0.05, 0) is 62.7 Å². The van der Waals surface area contributed by atoms with E-state index in [-0.39, 0.29) is 0 Å². The molecule has 11 rings (SSSR count). The zero-order valence-electron chi connectivity index (χ0n) is 30.3. The normalized spacial score (nSPS) is 12.9. The van der Waals surface area contributed by atoms with E-state index in [1.165, 1.54) is 22.3 Å². The zero-order chi connectivity index (χ0) is 37.1. The highest BCUT2D eigenvalue weighted by molar-refractivity contribution is 5.90. The SMILES string of the molecule is c1ccc(-c2cccc(-c3nc(-c4ccccc4)nc(-c4ccccc4-c4ccc5c(c4)Oc4ccccc4C54c5ccccc5-c5ccccc54)n3)c2)cc1. The molecule has 4 heteroatoms. The largest absolute Gasteiger partial charge is 0.457 e. The molecular formula is C52H33N3O. The smallest absolute Gasteiger partial charge is 0.164 e. The first-order chi connectivity index (χ1) is 27.8. The lowest BCUT2D eigenvalue weighted by Crippen LogP contribution is -2.32. The van der Waals surface area contributed by atoms with Gasteiger partial charge in [0.25, 0.3) is 0 Å². The minimum absolute atomic E-state index is 0.516. The molecule has 0 N–H and O–H groups in total. The third-order valence-electron chi connectivity index (χ3n) is 11.2. The minimum Gasteiger partial charge on any atom is -0.457 e. The molecule has 0 unspecified atom stereocenters. The lowest BCUT2D eigenvalue weighted by Gasteiger charge is -2.39. The van der Waals surface area contributed by atoms with E-state index < -0.39 is 5.41 Å². The summed E-state index contributed by atoms with van der Waals surface area (Å²) in [6.07, 6.45) is 0. The van der Waals surface area contributed by atoms with E-state index in [1.54, 1.807) is 0 Å². The Hall–Kier alpha value is -7.43. The van der Waals surface area contributed by atoms with Crippen LogP contribution in [-0.2, 0) is 5.41 Å². The quantitative estimate of drug-likeness (QED) is 0.178. The fraction of sp³-hybridized carbons (Fsp3) is 0.0192. The van der Waals surface area contributed by atoms with Crippen molar-refractivity contribution in [1.29, 1.82) is 0 Å². The number of benzene rings is 8. The highest BCUT2D eigenvalue weighted by Gasteiger charge is 2.50. The van der Waals surface area contributed by atoms with Crippen LogP contribution >= 0.6 is 0 Å². The van der Waals surface area contributed by atoms with Gasteiger partial charge in [-0.1, -0.05) is 182 Å². The Labute approximate surface area is 325 Å². The summed E-state index contributed by atoms with van der Waals surface area (Å²) in [5, 5.41) is 0. The second-order valence-electron chi connectivity index (χ2n) is 14.3. The maximum Gasteiger partial charge on any atom is 0.164 e. The van der Waals surface area contributed by atoms with Crippen LogP contribution in [0.1, 0.15) is 22.3 Å². The number of aromatic nitrogens is 3. The summed E-state index contributed by atoms with van der Waals surface area (Å²) in [5.74, 6) is 3.54. The van der Waals surface area contributed by atoms with Gasteiger partial charge in [0.15, 0.2) is 17.5 Å². The van der Waals surface area contributed by atoms with Crippen LogP contribution < -0.4 is 4.74 Å². The Morgan fingerprint density at radius 2 is 0.786 bits per heavy atom. The number of ether oxygens (including phenoxy) is 1. The van der Waals surface area contributed by atoms with Gasteiger partial charge in [0.1, 0.15) is 11.5 Å². The van der Waals surface area contributed by atoms with E-state index in [4.69, 9.17) is 19.7 Å². The summed E-state index contributed by atoms with van der Waals surface area (Å²) in [6, 6.07) is 70.1. The molecule has 0 amide bonds. The summed E-state index contributed by atoms with van der Waals surface area (Å²) in [7, 11) is 0. The average Bonchev–Trinajstić information content (AvgIpc) is 3.57. The van der Waals surface area contributed by atoms with Crippen molar-refractivity contribution in [2.75, 3.05) is 0 Å². The highest BCUT2D eigenvalue weighted by Crippen LogP contribution is 2.62. The van der Waals surface area contributed by atoms with Crippen molar-refractivity contribution in [3.05, 3.63) is 222 Å². The molecule has 0 bridgehead atoms. The Balaban J connectivity index is 1.09. The third-order valence-corrected chi connectivity index (χ3v) is 11.2. The lowest BCUT2D eigenvalue weighted by atomic mass is 9.66. The van der Waals surface area contributed by atoms with Gasteiger partial charge in [-0.2, -0.15) is 0 Å². The lowest BCUT2D eigenvalue weighted by molar-refractivity contribution is 0.436. The van der Waals surface area contributed by atoms with Crippen LogP contribution in [0.2, 0.25) is 0 Å². The molecule has 2 aliphatic rings. The molecule has 0 saturated carbocycles. The standard InChI is InChI=1S/C52H33N3O/c1-3-16-34(17-4-1)36-20-15-21-38(32-36)50-53-49(35-18-5-2-6-19-35)54-51(55-50)42-25-8-7-22-39(42)37-30-31-46-48(33-37)56-47-29-14-13-28-45(47)52(46)43-26-11-9-23-40(43)41-24-10-12-27-44(41)52/h1-33H. The van der Waals surface area contributed by atoms with E-state index in [0.29, 0.717) is 17.5 Å². The van der Waals surface area contributed by atoms with Crippen molar-refractivity contribution in [3.63, 3.8) is 0 Å². The molecule has 56 heavy (non-hydrogen) atoms. The molecule has 1 aromatic heterocycles. The molecule has 1 aliphatic carbocycles. The summed E-state index contributed by atoms with van der Waals surface area (Å²) in [4.78, 5) is 15.4. The molecule has 262 valence electrons. The van der Waals surface area contributed by atoms with Crippen LogP contribution in [0, 0.1) is 0 Å². The fourth-order valence-corrected chi connectivity index (χ4v) is 8.77. The highest BCUT2D eigenvalue weighted by atomic mass is 16.5. The van der Waals surface area contributed by atoms with E-state index >= 15 is 0 Å².